The number of nitrogens with zero attached hydrogens (tertiary/aromatic N) is 3. The monoisotopic (exact) mass is 389 g/mol. The number of hydrogen-bond donors (Lipinski definition) is 2. The average Bonchev–Trinajstić information content (AvgIpc) is 2.68. The lowest BCUT2D eigenvalue weighted by Crippen LogP contribution is -2.60. The number of piperazine rings is 1. The molecule has 0 aromatic heterocycles. The van der Waals surface area contributed by atoms with E-state index in [1.807, 2.05) is 4.90 Å². The lowest BCUT2D eigenvalue weighted by atomic mass is 9.90. The number of likely N-dealkylation sites (tertiary alicyclic amines) is 1. The van der Waals surface area contributed by atoms with Crippen LogP contribution >= 0.6 is 0 Å². The molecule has 0 unspecified atom stereocenters. The van der Waals surface area contributed by atoms with Gasteiger partial charge in [0.2, 0.25) is 0 Å². The number of aliphatic hydroxyl groups is 2. The van der Waals surface area contributed by atoms with E-state index in [2.05, 4.69) is 47.9 Å². The minimum atomic E-state index is -1.28. The number of carbonyl (C=O) groups is 1. The van der Waals surface area contributed by atoms with Crippen molar-refractivity contribution >= 4 is 5.91 Å². The van der Waals surface area contributed by atoms with Crippen molar-refractivity contribution in [3.05, 3.63) is 35.4 Å². The summed E-state index contributed by atoms with van der Waals surface area (Å²) in [6, 6.07) is 8.45. The summed E-state index contributed by atoms with van der Waals surface area (Å²) in [6.07, 6.45) is 1.36. The van der Waals surface area contributed by atoms with E-state index >= 15 is 0 Å². The third-order valence-electron chi connectivity index (χ3n) is 6.09. The lowest BCUT2D eigenvalue weighted by molar-refractivity contribution is -0.160. The van der Waals surface area contributed by atoms with Crippen LogP contribution in [0.3, 0.4) is 0 Å². The molecule has 0 radical (unpaired) electrons. The molecular weight excluding hydrogens is 354 g/mol. The number of carbonyl (C=O) groups excluding carboxylic acids is 1. The largest absolute Gasteiger partial charge is 0.395 e. The molecule has 2 fully saturated rings. The van der Waals surface area contributed by atoms with Crippen LogP contribution in [0.15, 0.2) is 24.3 Å². The molecule has 2 saturated heterocycles. The SMILES string of the molecule is CC(C)c1ccc(CN2CCC[C@@](O)(CN3CCN(CCO)CC3)C2=O)cc1. The Hall–Kier alpha value is -1.47. The Bertz CT molecular complexity index is 641. The standard InChI is InChI=1S/C22H35N3O3/c1-18(2)20-6-4-19(5-7-20)16-25-9-3-8-22(28,21(25)27)17-24-12-10-23(11-13-24)14-15-26/h4-7,18,26,28H,3,8-17H2,1-2H3/t22-/m1/s1. The van der Waals surface area contributed by atoms with Crippen LogP contribution < -0.4 is 0 Å². The third-order valence-corrected chi connectivity index (χ3v) is 6.09. The quantitative estimate of drug-likeness (QED) is 0.735. The third kappa shape index (κ3) is 5.11. The van der Waals surface area contributed by atoms with E-state index in [-0.39, 0.29) is 12.5 Å². The highest BCUT2D eigenvalue weighted by atomic mass is 16.3. The summed E-state index contributed by atoms with van der Waals surface area (Å²) in [5.74, 6) is 0.359. The van der Waals surface area contributed by atoms with Crippen LogP contribution in [0, 0.1) is 0 Å². The van der Waals surface area contributed by atoms with Gasteiger partial charge in [0.05, 0.1) is 6.61 Å². The number of benzene rings is 1. The Morgan fingerprint density at radius 1 is 1.04 bits per heavy atom. The summed E-state index contributed by atoms with van der Waals surface area (Å²) >= 11 is 0. The second kappa shape index (κ2) is 9.35. The number of hydrogen-bond acceptors (Lipinski definition) is 5. The highest BCUT2D eigenvalue weighted by Gasteiger charge is 2.43. The second-order valence-corrected chi connectivity index (χ2v) is 8.60. The van der Waals surface area contributed by atoms with Gasteiger partial charge in [0.1, 0.15) is 0 Å². The molecular formula is C22H35N3O3. The van der Waals surface area contributed by atoms with Gasteiger partial charge in [-0.3, -0.25) is 14.6 Å². The van der Waals surface area contributed by atoms with Gasteiger partial charge < -0.3 is 15.1 Å². The molecule has 6 nitrogen and oxygen atoms in total. The van der Waals surface area contributed by atoms with E-state index in [0.29, 0.717) is 38.5 Å². The number of β-amino-alcohol motifs (C(OH)–C–C–N with tert-alkyl or cyclic N) is 2. The van der Waals surface area contributed by atoms with Crippen molar-refractivity contribution in [2.24, 2.45) is 0 Å². The molecule has 0 aliphatic carbocycles. The van der Waals surface area contributed by atoms with Gasteiger partial charge in [-0.05, 0) is 29.9 Å². The smallest absolute Gasteiger partial charge is 0.256 e. The van der Waals surface area contributed by atoms with E-state index < -0.39 is 5.60 Å². The number of aliphatic hydroxyl groups excluding tert-OH is 1. The van der Waals surface area contributed by atoms with Gasteiger partial charge >= 0.3 is 0 Å². The predicted molar refractivity (Wildman–Crippen MR) is 110 cm³/mol. The molecule has 3 rings (SSSR count). The zero-order valence-electron chi connectivity index (χ0n) is 17.3. The first-order chi connectivity index (χ1) is 13.4. The van der Waals surface area contributed by atoms with E-state index in [0.717, 1.165) is 38.2 Å². The van der Waals surface area contributed by atoms with Crippen LogP contribution in [0.2, 0.25) is 0 Å². The average molecular weight is 390 g/mol. The van der Waals surface area contributed by atoms with Crippen LogP contribution in [0.5, 0.6) is 0 Å². The molecule has 2 N–H and O–H groups in total. The zero-order valence-corrected chi connectivity index (χ0v) is 17.3. The summed E-state index contributed by atoms with van der Waals surface area (Å²) in [5.41, 5.74) is 1.13. The molecule has 2 aliphatic heterocycles. The highest BCUT2D eigenvalue weighted by Crippen LogP contribution is 2.26. The van der Waals surface area contributed by atoms with E-state index in [1.165, 1.54) is 5.56 Å². The van der Waals surface area contributed by atoms with Crippen molar-refractivity contribution in [1.82, 2.24) is 14.7 Å². The molecule has 156 valence electrons. The van der Waals surface area contributed by atoms with E-state index in [9.17, 15) is 9.90 Å². The summed E-state index contributed by atoms with van der Waals surface area (Å²) in [5, 5.41) is 20.2. The fraction of sp³-hybridized carbons (Fsp3) is 0.682. The van der Waals surface area contributed by atoms with Crippen LogP contribution in [-0.2, 0) is 11.3 Å². The van der Waals surface area contributed by atoms with Gasteiger partial charge in [-0.2, -0.15) is 0 Å². The molecule has 1 atom stereocenters. The van der Waals surface area contributed by atoms with E-state index in [4.69, 9.17) is 5.11 Å². The summed E-state index contributed by atoms with van der Waals surface area (Å²) in [6.45, 7) is 10.3. The molecule has 1 aromatic carbocycles. The minimum absolute atomic E-state index is 0.135. The van der Waals surface area contributed by atoms with Crippen LogP contribution in [0.25, 0.3) is 0 Å². The minimum Gasteiger partial charge on any atom is -0.395 e. The first kappa shape index (κ1) is 21.2. The molecule has 1 aromatic rings. The van der Waals surface area contributed by atoms with Crippen LogP contribution in [0.4, 0.5) is 0 Å². The zero-order chi connectivity index (χ0) is 20.1. The van der Waals surface area contributed by atoms with Crippen molar-refractivity contribution in [2.75, 3.05) is 52.4 Å². The Labute approximate surface area is 168 Å². The van der Waals surface area contributed by atoms with Crippen molar-refractivity contribution in [3.8, 4) is 0 Å². The molecule has 1 amide bonds. The van der Waals surface area contributed by atoms with Gasteiger partial charge in [0.15, 0.2) is 5.60 Å². The fourth-order valence-electron chi connectivity index (χ4n) is 4.27. The van der Waals surface area contributed by atoms with Gasteiger partial charge in [0.25, 0.3) is 5.91 Å². The molecule has 28 heavy (non-hydrogen) atoms. The maximum atomic E-state index is 13.1. The van der Waals surface area contributed by atoms with Gasteiger partial charge in [-0.25, -0.2) is 0 Å². The first-order valence-electron chi connectivity index (χ1n) is 10.6. The number of rotatable bonds is 7. The second-order valence-electron chi connectivity index (χ2n) is 8.60. The maximum Gasteiger partial charge on any atom is 0.256 e. The Balaban J connectivity index is 1.58. The summed E-state index contributed by atoms with van der Waals surface area (Å²) < 4.78 is 0. The van der Waals surface area contributed by atoms with E-state index in [1.54, 1.807) is 0 Å². The normalized spacial score (nSPS) is 24.9. The molecule has 0 saturated carbocycles. The van der Waals surface area contributed by atoms with Crippen molar-refractivity contribution in [1.29, 1.82) is 0 Å². The van der Waals surface area contributed by atoms with Crippen molar-refractivity contribution < 1.29 is 15.0 Å². The maximum absolute atomic E-state index is 13.1. The van der Waals surface area contributed by atoms with Gasteiger partial charge in [-0.15, -0.1) is 0 Å². The van der Waals surface area contributed by atoms with Crippen molar-refractivity contribution in [2.45, 2.75) is 44.8 Å². The Morgan fingerprint density at radius 2 is 1.68 bits per heavy atom. The number of piperidine rings is 1. The fourth-order valence-corrected chi connectivity index (χ4v) is 4.27. The molecule has 2 aliphatic rings. The van der Waals surface area contributed by atoms with Gasteiger partial charge in [0, 0.05) is 52.4 Å². The first-order valence-corrected chi connectivity index (χ1v) is 10.6. The molecule has 0 spiro atoms. The predicted octanol–water partition coefficient (Wildman–Crippen LogP) is 1.27. The summed E-state index contributed by atoms with van der Waals surface area (Å²) in [7, 11) is 0. The topological polar surface area (TPSA) is 67.2 Å². The number of amides is 1. The Kier molecular flexibility index (Phi) is 7.10. The summed E-state index contributed by atoms with van der Waals surface area (Å²) in [4.78, 5) is 19.3. The molecule has 0 bridgehead atoms. The highest BCUT2D eigenvalue weighted by molar-refractivity contribution is 5.86. The molecule has 6 heteroatoms. The van der Waals surface area contributed by atoms with Crippen LogP contribution in [0.1, 0.15) is 43.7 Å². The Morgan fingerprint density at radius 3 is 2.29 bits per heavy atom. The van der Waals surface area contributed by atoms with Crippen molar-refractivity contribution in [3.63, 3.8) is 0 Å². The lowest BCUT2D eigenvalue weighted by Gasteiger charge is -2.43. The van der Waals surface area contributed by atoms with Gasteiger partial charge in [-0.1, -0.05) is 38.1 Å². The molecule has 2 heterocycles. The van der Waals surface area contributed by atoms with Crippen LogP contribution in [-0.4, -0.2) is 88.8 Å².